The van der Waals surface area contributed by atoms with Gasteiger partial charge >= 0.3 is 0 Å². The fraction of sp³-hybridized carbons (Fsp3) is 0.571. The number of nitro groups is 1. The number of nitrogens with zero attached hydrogens (tertiary/aromatic N) is 1. The standard InChI is InChI=1S/C14H23N3O3/c1-4-10(5-2)14(18)9-16-12-6-11(15-3)7-13(8-12)17(19)20/h6-8,10,14-16,18H,4-5,9H2,1-3H3. The lowest BCUT2D eigenvalue weighted by molar-refractivity contribution is -0.384. The molecule has 20 heavy (non-hydrogen) atoms. The summed E-state index contributed by atoms with van der Waals surface area (Å²) < 4.78 is 0. The molecule has 1 aromatic rings. The van der Waals surface area contributed by atoms with Crippen molar-refractivity contribution >= 4 is 17.1 Å². The van der Waals surface area contributed by atoms with Crippen molar-refractivity contribution in [1.82, 2.24) is 0 Å². The fourth-order valence-electron chi connectivity index (χ4n) is 2.18. The van der Waals surface area contributed by atoms with Crippen molar-refractivity contribution in [3.8, 4) is 0 Å². The number of rotatable bonds is 8. The van der Waals surface area contributed by atoms with Crippen molar-refractivity contribution in [3.05, 3.63) is 28.3 Å². The van der Waals surface area contributed by atoms with Crippen molar-refractivity contribution in [3.63, 3.8) is 0 Å². The predicted molar refractivity (Wildman–Crippen MR) is 81.2 cm³/mol. The number of hydrogen-bond acceptors (Lipinski definition) is 5. The van der Waals surface area contributed by atoms with Gasteiger partial charge < -0.3 is 15.7 Å². The summed E-state index contributed by atoms with van der Waals surface area (Å²) >= 11 is 0. The Balaban J connectivity index is 2.76. The van der Waals surface area contributed by atoms with Crippen LogP contribution in [0.15, 0.2) is 18.2 Å². The normalized spacial score (nSPS) is 12.2. The summed E-state index contributed by atoms with van der Waals surface area (Å²) in [7, 11) is 1.71. The highest BCUT2D eigenvalue weighted by molar-refractivity contribution is 5.63. The second-order valence-corrected chi connectivity index (χ2v) is 4.80. The molecule has 1 unspecified atom stereocenters. The molecule has 0 bridgehead atoms. The Kier molecular flexibility index (Phi) is 6.24. The SMILES string of the molecule is CCC(CC)C(O)CNc1cc(NC)cc([N+](=O)[O-])c1. The maximum Gasteiger partial charge on any atom is 0.273 e. The third-order valence-corrected chi connectivity index (χ3v) is 3.53. The van der Waals surface area contributed by atoms with E-state index in [-0.39, 0.29) is 11.6 Å². The van der Waals surface area contributed by atoms with E-state index < -0.39 is 11.0 Å². The first kappa shape index (κ1) is 16.2. The number of nitrogens with one attached hydrogen (secondary N) is 2. The Morgan fingerprint density at radius 1 is 1.25 bits per heavy atom. The van der Waals surface area contributed by atoms with E-state index in [1.54, 1.807) is 13.1 Å². The van der Waals surface area contributed by atoms with Crippen molar-refractivity contribution in [2.45, 2.75) is 32.8 Å². The lowest BCUT2D eigenvalue weighted by atomic mass is 9.96. The second kappa shape index (κ2) is 7.69. The van der Waals surface area contributed by atoms with E-state index >= 15 is 0 Å². The van der Waals surface area contributed by atoms with Crippen molar-refractivity contribution in [2.75, 3.05) is 24.2 Å². The molecule has 0 aliphatic heterocycles. The Morgan fingerprint density at radius 2 is 1.85 bits per heavy atom. The van der Waals surface area contributed by atoms with Crippen LogP contribution in [0.4, 0.5) is 17.1 Å². The number of anilines is 2. The van der Waals surface area contributed by atoms with E-state index in [4.69, 9.17) is 0 Å². The molecule has 0 aromatic heterocycles. The molecule has 1 aromatic carbocycles. The second-order valence-electron chi connectivity index (χ2n) is 4.80. The van der Waals surface area contributed by atoms with Crippen LogP contribution in [0.1, 0.15) is 26.7 Å². The van der Waals surface area contributed by atoms with E-state index in [0.29, 0.717) is 17.9 Å². The molecule has 1 rings (SSSR count). The van der Waals surface area contributed by atoms with Gasteiger partial charge in [0, 0.05) is 37.1 Å². The highest BCUT2D eigenvalue weighted by atomic mass is 16.6. The van der Waals surface area contributed by atoms with Crippen LogP contribution in [-0.2, 0) is 0 Å². The third kappa shape index (κ3) is 4.38. The molecular weight excluding hydrogens is 258 g/mol. The van der Waals surface area contributed by atoms with Gasteiger partial charge in [-0.2, -0.15) is 0 Å². The molecule has 112 valence electrons. The number of hydrogen-bond donors (Lipinski definition) is 3. The number of benzene rings is 1. The summed E-state index contributed by atoms with van der Waals surface area (Å²) in [6.07, 6.45) is 1.37. The first-order valence-electron chi connectivity index (χ1n) is 6.90. The quantitative estimate of drug-likeness (QED) is 0.504. The third-order valence-electron chi connectivity index (χ3n) is 3.53. The van der Waals surface area contributed by atoms with E-state index in [0.717, 1.165) is 12.8 Å². The number of nitro benzene ring substituents is 1. The van der Waals surface area contributed by atoms with Gasteiger partial charge in [0.1, 0.15) is 0 Å². The van der Waals surface area contributed by atoms with Crippen LogP contribution in [0.5, 0.6) is 0 Å². The molecule has 0 saturated carbocycles. The number of aliphatic hydroxyl groups excluding tert-OH is 1. The van der Waals surface area contributed by atoms with Crippen molar-refractivity contribution < 1.29 is 10.0 Å². The average Bonchev–Trinajstić information content (AvgIpc) is 2.45. The monoisotopic (exact) mass is 281 g/mol. The number of non-ortho nitro benzene ring substituents is 1. The predicted octanol–water partition coefficient (Wildman–Crippen LogP) is 2.85. The molecule has 6 heteroatoms. The Hall–Kier alpha value is -1.82. The maximum atomic E-state index is 10.9. The van der Waals surface area contributed by atoms with Gasteiger partial charge in [-0.1, -0.05) is 26.7 Å². The summed E-state index contributed by atoms with van der Waals surface area (Å²) in [6.45, 7) is 4.48. The van der Waals surface area contributed by atoms with Crippen LogP contribution in [0, 0.1) is 16.0 Å². The highest BCUT2D eigenvalue weighted by Crippen LogP contribution is 2.24. The van der Waals surface area contributed by atoms with Crippen LogP contribution in [0.25, 0.3) is 0 Å². The molecular formula is C14H23N3O3. The van der Waals surface area contributed by atoms with Gasteiger partial charge in [0.15, 0.2) is 0 Å². The van der Waals surface area contributed by atoms with Gasteiger partial charge in [-0.05, 0) is 12.0 Å². The highest BCUT2D eigenvalue weighted by Gasteiger charge is 2.16. The topological polar surface area (TPSA) is 87.4 Å². The minimum Gasteiger partial charge on any atom is -0.391 e. The largest absolute Gasteiger partial charge is 0.391 e. The van der Waals surface area contributed by atoms with Crippen LogP contribution in [-0.4, -0.2) is 29.7 Å². The van der Waals surface area contributed by atoms with Crippen LogP contribution < -0.4 is 10.6 Å². The molecule has 0 heterocycles. The van der Waals surface area contributed by atoms with Crippen molar-refractivity contribution in [2.24, 2.45) is 5.92 Å². The first-order chi connectivity index (χ1) is 9.51. The summed E-state index contributed by atoms with van der Waals surface area (Å²) in [5.74, 6) is 0.241. The van der Waals surface area contributed by atoms with E-state index in [9.17, 15) is 15.2 Å². The molecule has 0 radical (unpaired) electrons. The van der Waals surface area contributed by atoms with Crippen LogP contribution in [0.2, 0.25) is 0 Å². The zero-order chi connectivity index (χ0) is 15.1. The Morgan fingerprint density at radius 3 is 2.35 bits per heavy atom. The van der Waals surface area contributed by atoms with Gasteiger partial charge in [-0.3, -0.25) is 10.1 Å². The van der Waals surface area contributed by atoms with Crippen LogP contribution >= 0.6 is 0 Å². The zero-order valence-corrected chi connectivity index (χ0v) is 12.2. The Labute approximate surface area is 119 Å². The Bertz CT molecular complexity index is 447. The summed E-state index contributed by atoms with van der Waals surface area (Å²) in [6, 6.07) is 4.73. The maximum absolute atomic E-state index is 10.9. The smallest absolute Gasteiger partial charge is 0.273 e. The lowest BCUT2D eigenvalue weighted by Gasteiger charge is -2.21. The molecule has 0 fully saturated rings. The van der Waals surface area contributed by atoms with Gasteiger partial charge in [0.2, 0.25) is 0 Å². The van der Waals surface area contributed by atoms with Gasteiger partial charge in [-0.25, -0.2) is 0 Å². The van der Waals surface area contributed by atoms with Crippen LogP contribution in [0.3, 0.4) is 0 Å². The fourth-order valence-corrected chi connectivity index (χ4v) is 2.18. The summed E-state index contributed by atoms with van der Waals surface area (Å²) in [5.41, 5.74) is 1.32. The first-order valence-corrected chi connectivity index (χ1v) is 6.90. The molecule has 0 saturated heterocycles. The minimum atomic E-state index is -0.456. The lowest BCUT2D eigenvalue weighted by Crippen LogP contribution is -2.27. The summed E-state index contributed by atoms with van der Waals surface area (Å²) in [4.78, 5) is 10.4. The van der Waals surface area contributed by atoms with Crippen molar-refractivity contribution in [1.29, 1.82) is 0 Å². The molecule has 0 aliphatic rings. The molecule has 0 aliphatic carbocycles. The zero-order valence-electron chi connectivity index (χ0n) is 12.2. The van der Waals surface area contributed by atoms with Gasteiger partial charge in [-0.15, -0.1) is 0 Å². The van der Waals surface area contributed by atoms with E-state index in [2.05, 4.69) is 10.6 Å². The number of aliphatic hydroxyl groups is 1. The minimum absolute atomic E-state index is 0.0244. The van der Waals surface area contributed by atoms with Gasteiger partial charge in [0.05, 0.1) is 11.0 Å². The van der Waals surface area contributed by atoms with E-state index in [1.165, 1.54) is 12.1 Å². The molecule has 0 spiro atoms. The summed E-state index contributed by atoms with van der Waals surface area (Å²) in [5, 5.41) is 26.9. The van der Waals surface area contributed by atoms with Gasteiger partial charge in [0.25, 0.3) is 5.69 Å². The molecule has 3 N–H and O–H groups in total. The molecule has 6 nitrogen and oxygen atoms in total. The average molecular weight is 281 g/mol. The molecule has 1 atom stereocenters. The molecule has 0 amide bonds. The van der Waals surface area contributed by atoms with E-state index in [1.807, 2.05) is 13.8 Å².